The van der Waals surface area contributed by atoms with E-state index in [4.69, 9.17) is 23.2 Å². The molecular weight excluding hydrogens is 510 g/mol. The van der Waals surface area contributed by atoms with E-state index in [2.05, 4.69) is 0 Å². The van der Waals surface area contributed by atoms with E-state index in [0.717, 1.165) is 57.8 Å². The first-order chi connectivity index (χ1) is 17.9. The highest BCUT2D eigenvalue weighted by atomic mass is 31.2. The smallest absolute Gasteiger partial charge is 0.330 e. The molecule has 0 aromatic rings. The zero-order valence-electron chi connectivity index (χ0n) is 24.5. The molecule has 0 aromatic heterocycles. The average Bonchev–Trinajstić information content (AvgIpc) is 2.86. The topological polar surface area (TPSA) is 91.3 Å². The molecule has 0 amide bonds. The first kappa shape index (κ1) is 37.3. The third-order valence-electron chi connectivity index (χ3n) is 6.43. The summed E-state index contributed by atoms with van der Waals surface area (Å²) in [7, 11) is -5.83. The van der Waals surface area contributed by atoms with Gasteiger partial charge < -0.3 is 23.2 Å². The summed E-state index contributed by atoms with van der Waals surface area (Å²) in [6.45, 7) is 7.70. The zero-order valence-corrected chi connectivity index (χ0v) is 26.3. The average molecular weight is 571 g/mol. The Morgan fingerprint density at radius 2 is 0.730 bits per heavy atom. The van der Waals surface area contributed by atoms with E-state index in [0.29, 0.717) is 45.4 Å². The Morgan fingerprint density at radius 1 is 0.432 bits per heavy atom. The summed E-state index contributed by atoms with van der Waals surface area (Å²) in [4.78, 5) is 0. The predicted molar refractivity (Wildman–Crippen MR) is 156 cm³/mol. The monoisotopic (exact) mass is 570 g/mol. The largest absolute Gasteiger partial charge is 0.396 e. The number of hydrogen-bond acceptors (Lipinski definition) is 7. The molecule has 0 bridgehead atoms. The van der Waals surface area contributed by atoms with Gasteiger partial charge in [-0.05, 0) is 46.5 Å². The Balaban J connectivity index is 3.70. The molecule has 1 N–H and O–H groups in total. The van der Waals surface area contributed by atoms with Crippen LogP contribution in [0.4, 0.5) is 0 Å². The summed E-state index contributed by atoms with van der Waals surface area (Å²) in [5, 5.41) is 8.80. The lowest BCUT2D eigenvalue weighted by atomic mass is 10.1. The maximum Gasteiger partial charge on any atom is 0.330 e. The van der Waals surface area contributed by atoms with Gasteiger partial charge >= 0.3 is 15.2 Å². The van der Waals surface area contributed by atoms with E-state index in [1.807, 2.05) is 20.8 Å². The summed E-state index contributed by atoms with van der Waals surface area (Å²) >= 11 is 0. The minimum absolute atomic E-state index is 0.307. The lowest BCUT2D eigenvalue weighted by Crippen LogP contribution is -2.02. The molecule has 224 valence electrons. The Bertz CT molecular complexity index is 565. The van der Waals surface area contributed by atoms with Gasteiger partial charge in [-0.3, -0.25) is 9.13 Å². The molecule has 7 nitrogen and oxygen atoms in total. The molecule has 0 aliphatic heterocycles. The second-order valence-corrected chi connectivity index (χ2v) is 14.2. The summed E-state index contributed by atoms with van der Waals surface area (Å²) in [5.41, 5.74) is 0. The minimum Gasteiger partial charge on any atom is -0.396 e. The number of unbranched alkanes of at least 4 members (excludes halogenated alkanes) is 16. The van der Waals surface area contributed by atoms with Crippen LogP contribution in [0.25, 0.3) is 0 Å². The lowest BCUT2D eigenvalue weighted by Gasteiger charge is -2.18. The molecule has 0 rings (SSSR count). The number of aliphatic hydroxyl groups is 1. The summed E-state index contributed by atoms with van der Waals surface area (Å²) < 4.78 is 47.3. The molecule has 9 heteroatoms. The van der Waals surface area contributed by atoms with Crippen LogP contribution < -0.4 is 0 Å². The number of rotatable bonds is 30. The predicted octanol–water partition coefficient (Wildman–Crippen LogP) is 9.51. The Hall–Kier alpha value is 0.260. The Labute approximate surface area is 229 Å². The van der Waals surface area contributed by atoms with Crippen LogP contribution in [0.15, 0.2) is 0 Å². The fraction of sp³-hybridized carbons (Fsp3) is 1.00. The highest BCUT2D eigenvalue weighted by molar-refractivity contribution is 7.54. The number of hydrogen-bond donors (Lipinski definition) is 1. The highest BCUT2D eigenvalue weighted by Crippen LogP contribution is 2.49. The van der Waals surface area contributed by atoms with Crippen LogP contribution in [0.1, 0.15) is 136 Å². The molecular formula is C28H60O7P2. The van der Waals surface area contributed by atoms with Crippen molar-refractivity contribution >= 4 is 15.2 Å². The molecule has 1 atom stereocenters. The molecule has 0 radical (unpaired) electrons. The molecule has 0 heterocycles. The molecule has 0 saturated carbocycles. The van der Waals surface area contributed by atoms with Gasteiger partial charge in [0.2, 0.25) is 0 Å². The normalized spacial score (nSPS) is 13.7. The Kier molecular flexibility index (Phi) is 26.7. The lowest BCUT2D eigenvalue weighted by molar-refractivity contribution is 0.207. The van der Waals surface area contributed by atoms with Gasteiger partial charge in [0.05, 0.1) is 38.8 Å². The van der Waals surface area contributed by atoms with Crippen molar-refractivity contribution in [1.82, 2.24) is 0 Å². The number of aliphatic hydroxyl groups excluding tert-OH is 1. The van der Waals surface area contributed by atoms with Gasteiger partial charge in [-0.2, -0.15) is 0 Å². The molecule has 0 aromatic carbocycles. The summed E-state index contributed by atoms with van der Waals surface area (Å²) in [6.07, 6.45) is 21.1. The van der Waals surface area contributed by atoms with Crippen molar-refractivity contribution in [3.63, 3.8) is 0 Å². The fourth-order valence-corrected chi connectivity index (χ4v) is 7.90. The van der Waals surface area contributed by atoms with E-state index in [1.165, 1.54) is 57.8 Å². The van der Waals surface area contributed by atoms with Crippen molar-refractivity contribution < 1.29 is 32.3 Å². The van der Waals surface area contributed by atoms with Gasteiger partial charge in [0.15, 0.2) is 0 Å². The highest BCUT2D eigenvalue weighted by Gasteiger charge is 2.23. The van der Waals surface area contributed by atoms with Crippen molar-refractivity contribution in [2.24, 2.45) is 0 Å². The van der Waals surface area contributed by atoms with E-state index >= 15 is 0 Å². The van der Waals surface area contributed by atoms with Crippen LogP contribution in [0, 0.1) is 0 Å². The van der Waals surface area contributed by atoms with Gasteiger partial charge in [0.25, 0.3) is 0 Å². The molecule has 0 aliphatic carbocycles. The second kappa shape index (κ2) is 26.5. The summed E-state index contributed by atoms with van der Waals surface area (Å²) in [5.74, 6) is 0. The first-order valence-electron chi connectivity index (χ1n) is 15.3. The molecule has 0 aliphatic rings. The maximum atomic E-state index is 12.9. The molecule has 37 heavy (non-hydrogen) atoms. The van der Waals surface area contributed by atoms with Gasteiger partial charge in [-0.1, -0.05) is 89.9 Å². The first-order valence-corrected chi connectivity index (χ1v) is 18.8. The standard InChI is InChI=1S/C28H60O7P2/c1-4-32-36(30,33-5-2)27-23-19-15-12-8-10-14-18-22-26-35-37(31,34-6-3)28-24-20-16-11-7-9-13-17-21-25-29/h29H,4-28H2,1-3H3. The molecule has 0 spiro atoms. The Morgan fingerprint density at radius 3 is 1.08 bits per heavy atom. The van der Waals surface area contributed by atoms with Gasteiger partial charge in [-0.25, -0.2) is 0 Å². The molecule has 1 unspecified atom stereocenters. The minimum atomic E-state index is -2.95. The maximum absolute atomic E-state index is 12.9. The molecule has 0 saturated heterocycles. The van der Waals surface area contributed by atoms with Crippen molar-refractivity contribution in [3.8, 4) is 0 Å². The van der Waals surface area contributed by atoms with Crippen LogP contribution in [0.2, 0.25) is 0 Å². The van der Waals surface area contributed by atoms with E-state index in [-0.39, 0.29) is 0 Å². The van der Waals surface area contributed by atoms with Crippen LogP contribution >= 0.6 is 15.2 Å². The third-order valence-corrected chi connectivity index (χ3v) is 10.7. The van der Waals surface area contributed by atoms with Crippen molar-refractivity contribution in [3.05, 3.63) is 0 Å². The second-order valence-electron chi connectivity index (χ2n) is 9.84. The van der Waals surface area contributed by atoms with Gasteiger partial charge in [0.1, 0.15) is 0 Å². The molecule has 0 fully saturated rings. The zero-order chi connectivity index (χ0) is 27.5. The summed E-state index contributed by atoms with van der Waals surface area (Å²) in [6, 6.07) is 0. The fourth-order valence-electron chi connectivity index (χ4n) is 4.43. The van der Waals surface area contributed by atoms with Crippen molar-refractivity contribution in [1.29, 1.82) is 0 Å². The van der Waals surface area contributed by atoms with Crippen LogP contribution in [0.5, 0.6) is 0 Å². The van der Waals surface area contributed by atoms with Gasteiger partial charge in [-0.15, -0.1) is 0 Å². The van der Waals surface area contributed by atoms with Crippen LogP contribution in [-0.4, -0.2) is 50.5 Å². The van der Waals surface area contributed by atoms with Crippen molar-refractivity contribution in [2.75, 3.05) is 45.4 Å². The van der Waals surface area contributed by atoms with Gasteiger partial charge in [0, 0.05) is 6.61 Å². The van der Waals surface area contributed by atoms with E-state index in [1.54, 1.807) is 0 Å². The SMILES string of the molecule is CCOP(=O)(CCCCCCCCCCCOP(=O)(CCCCCCCCCCCO)OCC)OCC. The van der Waals surface area contributed by atoms with E-state index < -0.39 is 15.2 Å². The van der Waals surface area contributed by atoms with E-state index in [9.17, 15) is 9.13 Å². The van der Waals surface area contributed by atoms with Crippen LogP contribution in [0.3, 0.4) is 0 Å². The van der Waals surface area contributed by atoms with Crippen LogP contribution in [-0.2, 0) is 27.2 Å². The van der Waals surface area contributed by atoms with Crippen molar-refractivity contribution in [2.45, 2.75) is 136 Å². The third kappa shape index (κ3) is 23.8. The quantitative estimate of drug-likeness (QED) is 0.0679.